The molecule has 5 rings (SSSR count). The molecule has 0 radical (unpaired) electrons. The topological polar surface area (TPSA) is 99.1 Å². The predicted molar refractivity (Wildman–Crippen MR) is 98.0 cm³/mol. The third kappa shape index (κ3) is 2.38. The summed E-state index contributed by atoms with van der Waals surface area (Å²) in [6.45, 7) is 0. The first-order valence-corrected chi connectivity index (χ1v) is 8.14. The number of benzene rings is 2. The lowest BCUT2D eigenvalue weighted by atomic mass is 10.0. The van der Waals surface area contributed by atoms with Crippen LogP contribution >= 0.6 is 0 Å². The Kier molecular flexibility index (Phi) is 3.14. The smallest absolute Gasteiger partial charge is 0.323 e. The molecular weight excluding hydrogens is 349 g/mol. The normalized spacial score (nSPS) is 11.4. The summed E-state index contributed by atoms with van der Waals surface area (Å²) >= 11 is 0. The fourth-order valence-electron chi connectivity index (χ4n) is 3.23. The van der Waals surface area contributed by atoms with Crippen LogP contribution < -0.4 is 5.69 Å². The molecule has 3 aromatic heterocycles. The summed E-state index contributed by atoms with van der Waals surface area (Å²) in [4.78, 5) is 25.4. The maximum atomic E-state index is 13.4. The number of nitrogens with zero attached hydrogens (tertiary/aromatic N) is 3. The van der Waals surface area contributed by atoms with Gasteiger partial charge in [-0.1, -0.05) is 6.07 Å². The van der Waals surface area contributed by atoms with Crippen molar-refractivity contribution in [1.29, 1.82) is 0 Å². The van der Waals surface area contributed by atoms with Crippen molar-refractivity contribution in [1.82, 2.24) is 24.3 Å². The van der Waals surface area contributed by atoms with Gasteiger partial charge in [-0.25, -0.2) is 19.2 Å². The maximum absolute atomic E-state index is 13.4. The molecule has 7 nitrogen and oxygen atoms in total. The van der Waals surface area contributed by atoms with E-state index in [0.717, 1.165) is 5.56 Å². The molecule has 0 unspecified atom stereocenters. The maximum Gasteiger partial charge on any atom is 0.323 e. The van der Waals surface area contributed by atoms with E-state index in [1.54, 1.807) is 28.8 Å². The van der Waals surface area contributed by atoms with Gasteiger partial charge in [0.2, 0.25) is 5.65 Å². The van der Waals surface area contributed by atoms with Gasteiger partial charge in [0.05, 0.1) is 22.4 Å². The van der Waals surface area contributed by atoms with E-state index < -0.39 is 0 Å². The van der Waals surface area contributed by atoms with Gasteiger partial charge in [-0.2, -0.15) is 0 Å². The second-order valence-corrected chi connectivity index (χ2v) is 6.10. The van der Waals surface area contributed by atoms with Gasteiger partial charge >= 0.3 is 5.69 Å². The van der Waals surface area contributed by atoms with Gasteiger partial charge in [0.15, 0.2) is 0 Å². The molecule has 0 aliphatic heterocycles. The van der Waals surface area contributed by atoms with E-state index in [1.807, 2.05) is 12.1 Å². The molecule has 0 bridgehead atoms. The Balaban J connectivity index is 1.85. The monoisotopic (exact) mass is 361 g/mol. The molecule has 3 heterocycles. The minimum absolute atomic E-state index is 0.205. The number of hydrogen-bond acceptors (Lipinski definition) is 4. The Hall–Kier alpha value is -3.94. The molecule has 0 amide bonds. The average Bonchev–Trinajstić information content (AvgIpc) is 3.22. The van der Waals surface area contributed by atoms with Crippen LogP contribution in [0.4, 0.5) is 4.39 Å². The number of H-pyrrole nitrogens is 2. The van der Waals surface area contributed by atoms with Gasteiger partial charge in [-0.15, -0.1) is 0 Å². The number of aromatic amines is 2. The predicted octanol–water partition coefficient (Wildman–Crippen LogP) is 3.08. The quantitative estimate of drug-likeness (QED) is 0.450. The summed E-state index contributed by atoms with van der Waals surface area (Å²) < 4.78 is 15.1. The van der Waals surface area contributed by atoms with Crippen molar-refractivity contribution in [3.8, 4) is 28.4 Å². The van der Waals surface area contributed by atoms with E-state index in [-0.39, 0.29) is 23.0 Å². The van der Waals surface area contributed by atoms with E-state index in [1.165, 1.54) is 18.3 Å². The van der Waals surface area contributed by atoms with Crippen molar-refractivity contribution >= 4 is 16.7 Å². The van der Waals surface area contributed by atoms with E-state index in [4.69, 9.17) is 0 Å². The molecule has 3 N–H and O–H groups in total. The number of hydrogen-bond donors (Lipinski definition) is 3. The van der Waals surface area contributed by atoms with Crippen LogP contribution in [0.1, 0.15) is 0 Å². The number of halogens is 1. The van der Waals surface area contributed by atoms with E-state index >= 15 is 0 Å². The van der Waals surface area contributed by atoms with Crippen LogP contribution in [-0.4, -0.2) is 29.4 Å². The third-order valence-corrected chi connectivity index (χ3v) is 4.43. The molecular formula is C19H12FN5O2. The molecule has 2 aromatic carbocycles. The number of imidazole rings is 2. The summed E-state index contributed by atoms with van der Waals surface area (Å²) in [5.41, 5.74) is 4.05. The van der Waals surface area contributed by atoms with Gasteiger partial charge in [0.1, 0.15) is 5.82 Å². The van der Waals surface area contributed by atoms with Gasteiger partial charge in [0.25, 0.3) is 5.88 Å². The van der Waals surface area contributed by atoms with Crippen LogP contribution in [0.5, 0.6) is 5.88 Å². The molecule has 0 spiro atoms. The Bertz CT molecular complexity index is 1360. The molecule has 132 valence electrons. The number of nitrogens with one attached hydrogen (secondary N) is 2. The van der Waals surface area contributed by atoms with Crippen LogP contribution in [0.25, 0.3) is 39.2 Å². The van der Waals surface area contributed by atoms with Crippen LogP contribution in [0, 0.1) is 5.82 Å². The first kappa shape index (κ1) is 15.3. The zero-order valence-corrected chi connectivity index (χ0v) is 13.8. The molecule has 0 atom stereocenters. The molecule has 0 fully saturated rings. The van der Waals surface area contributed by atoms with Crippen LogP contribution in [0.2, 0.25) is 0 Å². The van der Waals surface area contributed by atoms with Gasteiger partial charge in [0, 0.05) is 23.5 Å². The number of fused-ring (bicyclic) bond motifs is 2. The van der Waals surface area contributed by atoms with Crippen molar-refractivity contribution < 1.29 is 9.50 Å². The average molecular weight is 361 g/mol. The van der Waals surface area contributed by atoms with Gasteiger partial charge in [-0.3, -0.25) is 4.40 Å². The highest BCUT2D eigenvalue weighted by Gasteiger charge is 2.19. The van der Waals surface area contributed by atoms with Crippen molar-refractivity contribution in [3.05, 3.63) is 71.2 Å². The molecule has 8 heteroatoms. The second-order valence-electron chi connectivity index (χ2n) is 6.10. The summed E-state index contributed by atoms with van der Waals surface area (Å²) in [7, 11) is 0. The number of rotatable bonds is 2. The molecule has 0 aliphatic rings. The van der Waals surface area contributed by atoms with Crippen LogP contribution in [0.3, 0.4) is 0 Å². The van der Waals surface area contributed by atoms with Crippen molar-refractivity contribution in [2.24, 2.45) is 0 Å². The first-order chi connectivity index (χ1) is 13.1. The number of aromatic nitrogens is 5. The zero-order chi connectivity index (χ0) is 18.5. The Morgan fingerprint density at radius 3 is 2.56 bits per heavy atom. The molecule has 5 aromatic rings. The Morgan fingerprint density at radius 2 is 1.74 bits per heavy atom. The molecule has 0 saturated carbocycles. The van der Waals surface area contributed by atoms with Crippen LogP contribution in [0.15, 0.2) is 59.7 Å². The zero-order valence-electron chi connectivity index (χ0n) is 13.8. The fourth-order valence-corrected chi connectivity index (χ4v) is 3.23. The Morgan fingerprint density at radius 1 is 1.00 bits per heavy atom. The summed E-state index contributed by atoms with van der Waals surface area (Å²) in [5, 5.41) is 10.1. The lowest BCUT2D eigenvalue weighted by molar-refractivity contribution is 0.456. The molecule has 27 heavy (non-hydrogen) atoms. The largest absolute Gasteiger partial charge is 0.491 e. The van der Waals surface area contributed by atoms with Crippen molar-refractivity contribution in [2.75, 3.05) is 0 Å². The standard InChI is InChI=1S/C19H12FN5O2/c20-12-4-1-10(2-5-12)15-16(25-8-7-21-18(26)17(25)24-15)11-3-6-13-14(9-11)23-19(27)22-13/h1-9H,(H,21,26)(H2,22,23,27). The van der Waals surface area contributed by atoms with Gasteiger partial charge in [-0.05, 0) is 36.4 Å². The third-order valence-electron chi connectivity index (χ3n) is 4.43. The van der Waals surface area contributed by atoms with Gasteiger partial charge < -0.3 is 15.1 Å². The highest BCUT2D eigenvalue weighted by molar-refractivity contribution is 5.87. The van der Waals surface area contributed by atoms with E-state index in [9.17, 15) is 14.3 Å². The summed E-state index contributed by atoms with van der Waals surface area (Å²) in [5.74, 6) is -0.553. The van der Waals surface area contributed by atoms with E-state index in [0.29, 0.717) is 28.0 Å². The lowest BCUT2D eigenvalue weighted by Gasteiger charge is -2.06. The summed E-state index contributed by atoms with van der Waals surface area (Å²) in [6, 6.07) is 11.4. The van der Waals surface area contributed by atoms with E-state index in [2.05, 4.69) is 19.9 Å². The van der Waals surface area contributed by atoms with Crippen LogP contribution in [-0.2, 0) is 0 Å². The minimum atomic E-state index is -0.347. The highest BCUT2D eigenvalue weighted by atomic mass is 19.1. The first-order valence-electron chi connectivity index (χ1n) is 8.14. The minimum Gasteiger partial charge on any atom is -0.491 e. The highest BCUT2D eigenvalue weighted by Crippen LogP contribution is 2.35. The fraction of sp³-hybridized carbons (Fsp3) is 0. The number of aromatic hydroxyl groups is 1. The summed E-state index contributed by atoms with van der Waals surface area (Å²) in [6.07, 6.45) is 3.16. The van der Waals surface area contributed by atoms with Crippen molar-refractivity contribution in [3.63, 3.8) is 0 Å². The second kappa shape index (κ2) is 5.53. The molecule has 0 saturated heterocycles. The SMILES string of the molecule is O=c1[nH]c2ccc(-c3c(-c4ccc(F)cc4)nc4c(O)nccn34)cc2[nH]1. The Labute approximate surface area is 150 Å². The van der Waals surface area contributed by atoms with Crippen molar-refractivity contribution in [2.45, 2.75) is 0 Å². The lowest BCUT2D eigenvalue weighted by Crippen LogP contribution is -1.99. The molecule has 0 aliphatic carbocycles.